The first-order valence-electron chi connectivity index (χ1n) is 6.57. The molecule has 0 radical (unpaired) electrons. The first-order valence-corrected chi connectivity index (χ1v) is 8.24. The van der Waals surface area contributed by atoms with E-state index >= 15 is 0 Å². The standard InChI is InChI=1S/C13H21BrN2OS/c14-10-7-13(18-9-10)12(8-15)16(5-2-6-17)11-3-1-4-11/h7,9,11-12,17H,1-6,8,15H2. The van der Waals surface area contributed by atoms with Gasteiger partial charge in [0, 0.05) is 40.5 Å². The van der Waals surface area contributed by atoms with Crippen LogP contribution in [0, 0.1) is 0 Å². The maximum Gasteiger partial charge on any atom is 0.0567 e. The highest BCUT2D eigenvalue weighted by atomic mass is 79.9. The highest BCUT2D eigenvalue weighted by molar-refractivity contribution is 9.10. The second kappa shape index (κ2) is 7.01. The molecule has 18 heavy (non-hydrogen) atoms. The van der Waals surface area contributed by atoms with Crippen LogP contribution < -0.4 is 5.73 Å². The molecule has 1 aromatic heterocycles. The van der Waals surface area contributed by atoms with Crippen molar-refractivity contribution in [2.75, 3.05) is 19.7 Å². The molecule has 1 unspecified atom stereocenters. The van der Waals surface area contributed by atoms with Crippen LogP contribution in [0.15, 0.2) is 15.9 Å². The minimum atomic E-state index is 0.259. The SMILES string of the molecule is NCC(c1cc(Br)cs1)N(CCCO)C1CCC1. The van der Waals surface area contributed by atoms with E-state index in [1.165, 1.54) is 24.1 Å². The minimum absolute atomic E-state index is 0.259. The lowest BCUT2D eigenvalue weighted by molar-refractivity contribution is 0.0757. The van der Waals surface area contributed by atoms with Crippen molar-refractivity contribution in [1.29, 1.82) is 0 Å². The van der Waals surface area contributed by atoms with Gasteiger partial charge in [0.25, 0.3) is 0 Å². The van der Waals surface area contributed by atoms with E-state index in [1.807, 2.05) is 0 Å². The van der Waals surface area contributed by atoms with Gasteiger partial charge in [-0.25, -0.2) is 0 Å². The molecule has 1 aliphatic carbocycles. The summed E-state index contributed by atoms with van der Waals surface area (Å²) in [6.07, 6.45) is 4.70. The van der Waals surface area contributed by atoms with Crippen molar-refractivity contribution in [1.82, 2.24) is 4.90 Å². The van der Waals surface area contributed by atoms with E-state index in [9.17, 15) is 0 Å². The normalized spacial score (nSPS) is 18.0. The Hall–Kier alpha value is 0.0600. The Morgan fingerprint density at radius 1 is 1.56 bits per heavy atom. The van der Waals surface area contributed by atoms with E-state index in [2.05, 4.69) is 32.3 Å². The van der Waals surface area contributed by atoms with E-state index in [1.54, 1.807) is 11.3 Å². The monoisotopic (exact) mass is 332 g/mol. The summed E-state index contributed by atoms with van der Waals surface area (Å²) in [4.78, 5) is 3.83. The van der Waals surface area contributed by atoms with Crippen molar-refractivity contribution in [3.63, 3.8) is 0 Å². The second-order valence-electron chi connectivity index (χ2n) is 4.82. The van der Waals surface area contributed by atoms with Gasteiger partial charge >= 0.3 is 0 Å². The summed E-state index contributed by atoms with van der Waals surface area (Å²) in [5.41, 5.74) is 5.99. The van der Waals surface area contributed by atoms with Gasteiger partial charge in [0.2, 0.25) is 0 Å². The average Bonchev–Trinajstić information content (AvgIpc) is 2.71. The molecule has 0 saturated heterocycles. The summed E-state index contributed by atoms with van der Waals surface area (Å²) in [5, 5.41) is 11.2. The Morgan fingerprint density at radius 2 is 2.33 bits per heavy atom. The van der Waals surface area contributed by atoms with Crippen molar-refractivity contribution in [2.45, 2.75) is 37.8 Å². The topological polar surface area (TPSA) is 49.5 Å². The highest BCUT2D eigenvalue weighted by Gasteiger charge is 2.30. The second-order valence-corrected chi connectivity index (χ2v) is 6.68. The van der Waals surface area contributed by atoms with Crippen LogP contribution in [-0.2, 0) is 0 Å². The molecule has 102 valence electrons. The third-order valence-corrected chi connectivity index (χ3v) is 5.45. The number of rotatable bonds is 7. The van der Waals surface area contributed by atoms with Gasteiger partial charge in [0.05, 0.1) is 6.04 Å². The zero-order chi connectivity index (χ0) is 13.0. The van der Waals surface area contributed by atoms with Crippen LogP contribution in [0.2, 0.25) is 0 Å². The van der Waals surface area contributed by atoms with Gasteiger partial charge in [0.15, 0.2) is 0 Å². The number of nitrogens with two attached hydrogens (primary N) is 1. The van der Waals surface area contributed by atoms with Gasteiger partial charge in [0.1, 0.15) is 0 Å². The van der Waals surface area contributed by atoms with Gasteiger partial charge in [-0.15, -0.1) is 11.3 Å². The fraction of sp³-hybridized carbons (Fsp3) is 0.692. The van der Waals surface area contributed by atoms with Gasteiger partial charge in [-0.3, -0.25) is 4.90 Å². The van der Waals surface area contributed by atoms with Gasteiger partial charge < -0.3 is 10.8 Å². The fourth-order valence-corrected chi connectivity index (χ4v) is 4.06. The molecular weight excluding hydrogens is 312 g/mol. The maximum atomic E-state index is 9.05. The van der Waals surface area contributed by atoms with Crippen molar-refractivity contribution < 1.29 is 5.11 Å². The lowest BCUT2D eigenvalue weighted by Gasteiger charge is -2.42. The smallest absolute Gasteiger partial charge is 0.0567 e. The molecule has 1 saturated carbocycles. The molecule has 1 heterocycles. The third kappa shape index (κ3) is 3.33. The number of hydrogen-bond acceptors (Lipinski definition) is 4. The van der Waals surface area contributed by atoms with Crippen LogP contribution in [0.5, 0.6) is 0 Å². The van der Waals surface area contributed by atoms with E-state index in [4.69, 9.17) is 10.8 Å². The Kier molecular flexibility index (Phi) is 5.63. The first-order chi connectivity index (χ1) is 8.76. The van der Waals surface area contributed by atoms with Crippen molar-refractivity contribution in [3.8, 4) is 0 Å². The Morgan fingerprint density at radius 3 is 2.78 bits per heavy atom. The Balaban J connectivity index is 2.09. The number of hydrogen-bond donors (Lipinski definition) is 2. The summed E-state index contributed by atoms with van der Waals surface area (Å²) in [7, 11) is 0. The summed E-state index contributed by atoms with van der Waals surface area (Å²) >= 11 is 5.28. The molecule has 1 atom stereocenters. The Labute approximate surface area is 121 Å². The lowest BCUT2D eigenvalue weighted by Crippen LogP contribution is -2.45. The molecule has 3 nitrogen and oxygen atoms in total. The van der Waals surface area contributed by atoms with E-state index in [0.29, 0.717) is 18.6 Å². The molecule has 0 aromatic carbocycles. The fourth-order valence-electron chi connectivity index (χ4n) is 2.48. The highest BCUT2D eigenvalue weighted by Crippen LogP contribution is 2.35. The first kappa shape index (κ1) is 14.5. The quantitative estimate of drug-likeness (QED) is 0.807. The predicted molar refractivity (Wildman–Crippen MR) is 79.9 cm³/mol. The molecule has 0 aliphatic heterocycles. The molecule has 1 aliphatic rings. The van der Waals surface area contributed by atoms with Gasteiger partial charge in [-0.2, -0.15) is 0 Å². The minimum Gasteiger partial charge on any atom is -0.396 e. The van der Waals surface area contributed by atoms with Crippen molar-refractivity contribution >= 4 is 27.3 Å². The largest absolute Gasteiger partial charge is 0.396 e. The molecule has 5 heteroatoms. The van der Waals surface area contributed by atoms with E-state index in [0.717, 1.165) is 17.4 Å². The number of thiophene rings is 1. The summed E-state index contributed by atoms with van der Waals surface area (Å²) < 4.78 is 1.14. The molecule has 0 amide bonds. The molecule has 3 N–H and O–H groups in total. The maximum absolute atomic E-state index is 9.05. The average molecular weight is 333 g/mol. The third-order valence-electron chi connectivity index (χ3n) is 3.66. The summed E-state index contributed by atoms with van der Waals surface area (Å²) in [5.74, 6) is 0. The molecule has 1 fully saturated rings. The number of aliphatic hydroxyl groups is 1. The zero-order valence-electron chi connectivity index (χ0n) is 10.5. The van der Waals surface area contributed by atoms with Crippen LogP contribution in [0.4, 0.5) is 0 Å². The van der Waals surface area contributed by atoms with Crippen LogP contribution in [-0.4, -0.2) is 35.7 Å². The van der Waals surface area contributed by atoms with Crippen molar-refractivity contribution in [2.24, 2.45) is 5.73 Å². The molecule has 2 rings (SSSR count). The molecular formula is C13H21BrN2OS. The number of aliphatic hydroxyl groups excluding tert-OH is 1. The molecule has 0 bridgehead atoms. The van der Waals surface area contributed by atoms with Gasteiger partial charge in [-0.05, 0) is 41.3 Å². The molecule has 0 spiro atoms. The zero-order valence-corrected chi connectivity index (χ0v) is 12.9. The van der Waals surface area contributed by atoms with Crippen LogP contribution >= 0.6 is 27.3 Å². The van der Waals surface area contributed by atoms with Crippen molar-refractivity contribution in [3.05, 3.63) is 20.8 Å². The number of nitrogens with zero attached hydrogens (tertiary/aromatic N) is 1. The van der Waals surface area contributed by atoms with E-state index < -0.39 is 0 Å². The summed E-state index contributed by atoms with van der Waals surface area (Å²) in [6.45, 7) is 1.85. The van der Waals surface area contributed by atoms with Crippen LogP contribution in [0.3, 0.4) is 0 Å². The van der Waals surface area contributed by atoms with Crippen LogP contribution in [0.1, 0.15) is 36.6 Å². The predicted octanol–water partition coefficient (Wildman–Crippen LogP) is 2.75. The van der Waals surface area contributed by atoms with Crippen LogP contribution in [0.25, 0.3) is 0 Å². The van der Waals surface area contributed by atoms with E-state index in [-0.39, 0.29) is 6.61 Å². The Bertz CT molecular complexity index is 368. The lowest BCUT2D eigenvalue weighted by atomic mass is 9.90. The van der Waals surface area contributed by atoms with Gasteiger partial charge in [-0.1, -0.05) is 6.42 Å². The summed E-state index contributed by atoms with van der Waals surface area (Å²) in [6, 6.07) is 3.14. The number of halogens is 1. The molecule has 1 aromatic rings.